The van der Waals surface area contributed by atoms with Gasteiger partial charge in [-0.15, -0.1) is 0 Å². The van der Waals surface area contributed by atoms with Crippen LogP contribution in [0.1, 0.15) is 0 Å². The van der Waals surface area contributed by atoms with Gasteiger partial charge in [0.05, 0.1) is 9.79 Å². The van der Waals surface area contributed by atoms with Crippen LogP contribution in [-0.4, -0.2) is 31.8 Å². The molecule has 0 N–H and O–H groups in total. The molecule has 0 amide bonds. The number of nitrogens with zero attached hydrogens (tertiary/aromatic N) is 3. The van der Waals surface area contributed by atoms with Gasteiger partial charge in [0.1, 0.15) is 0 Å². The number of rotatable bonds is 4. The summed E-state index contributed by atoms with van der Waals surface area (Å²) in [7, 11) is -8.12. The first-order chi connectivity index (χ1) is 11.4. The molecule has 24 heavy (non-hydrogen) atoms. The average Bonchev–Trinajstić information content (AvgIpc) is 2.63. The van der Waals surface area contributed by atoms with Crippen molar-refractivity contribution in [3.8, 4) is 0 Å². The summed E-state index contributed by atoms with van der Waals surface area (Å²) in [5, 5.41) is -1.34. The second kappa shape index (κ2) is 6.10. The minimum absolute atomic E-state index is 0.0485. The van der Waals surface area contributed by atoms with E-state index in [2.05, 4.69) is 21.3 Å². The normalized spacial score (nSPS) is 12.0. The first-order valence-corrected chi connectivity index (χ1v) is 9.61. The van der Waals surface area contributed by atoms with Crippen molar-refractivity contribution >= 4 is 19.7 Å². The van der Waals surface area contributed by atoms with Crippen molar-refractivity contribution in [2.45, 2.75) is 20.1 Å². The van der Waals surface area contributed by atoms with E-state index in [1.165, 1.54) is 24.3 Å². The highest BCUT2D eigenvalue weighted by molar-refractivity contribution is 7.92. The van der Waals surface area contributed by atoms with Crippen LogP contribution in [0.3, 0.4) is 0 Å². The van der Waals surface area contributed by atoms with Crippen LogP contribution in [0, 0.1) is 6.33 Å². The van der Waals surface area contributed by atoms with E-state index in [0.29, 0.717) is 0 Å². The number of aromatic nitrogens is 3. The summed E-state index contributed by atoms with van der Waals surface area (Å²) in [5.41, 5.74) is 0. The van der Waals surface area contributed by atoms with Gasteiger partial charge in [0.2, 0.25) is 26.0 Å². The first kappa shape index (κ1) is 16.2. The number of sulfone groups is 2. The van der Waals surface area contributed by atoms with Crippen LogP contribution in [0.15, 0.2) is 80.8 Å². The fraction of sp³-hybridized carbons (Fsp3) is 0. The summed E-state index contributed by atoms with van der Waals surface area (Å²) in [6, 6.07) is 14.9. The Bertz CT molecular complexity index is 983. The highest BCUT2D eigenvalue weighted by Crippen LogP contribution is 2.20. The summed E-state index contributed by atoms with van der Waals surface area (Å²) >= 11 is 0. The van der Waals surface area contributed by atoms with Crippen LogP contribution >= 0.6 is 0 Å². The van der Waals surface area contributed by atoms with Crippen LogP contribution in [0.25, 0.3) is 0 Å². The van der Waals surface area contributed by atoms with Gasteiger partial charge in [-0.1, -0.05) is 36.4 Å². The molecule has 2 aromatic carbocycles. The molecule has 121 valence electrons. The Hall–Kier alpha value is -2.65. The van der Waals surface area contributed by atoms with Gasteiger partial charge in [0.15, 0.2) is 0 Å². The van der Waals surface area contributed by atoms with Crippen LogP contribution in [-0.2, 0) is 19.7 Å². The second-order valence-corrected chi connectivity index (χ2v) is 8.32. The minimum atomic E-state index is -4.06. The smallest absolute Gasteiger partial charge is 0.215 e. The Labute approximate surface area is 138 Å². The molecule has 9 heteroatoms. The third-order valence-electron chi connectivity index (χ3n) is 3.07. The molecular weight excluding hydrogens is 350 g/mol. The zero-order valence-corrected chi connectivity index (χ0v) is 13.7. The Morgan fingerprint density at radius 1 is 0.625 bits per heavy atom. The molecule has 0 bridgehead atoms. The molecule has 1 heterocycles. The molecule has 1 radical (unpaired) electrons. The van der Waals surface area contributed by atoms with Crippen molar-refractivity contribution in [2.24, 2.45) is 0 Å². The molecule has 0 aliphatic rings. The molecule has 0 atom stereocenters. The SMILES string of the molecule is O=S(=O)(c1ccccc1)c1n[c]nc(S(=O)(=O)c2ccccc2)n1. The lowest BCUT2D eigenvalue weighted by Crippen LogP contribution is -2.13. The predicted octanol–water partition coefficient (Wildman–Crippen LogP) is 1.34. The van der Waals surface area contributed by atoms with E-state index in [0.717, 1.165) is 0 Å². The van der Waals surface area contributed by atoms with Crippen LogP contribution in [0.5, 0.6) is 0 Å². The number of benzene rings is 2. The maximum Gasteiger partial charge on any atom is 0.256 e. The van der Waals surface area contributed by atoms with E-state index < -0.39 is 30.0 Å². The molecule has 0 aliphatic heterocycles. The Kier molecular flexibility index (Phi) is 4.12. The van der Waals surface area contributed by atoms with Crippen molar-refractivity contribution in [1.82, 2.24) is 15.0 Å². The number of hydrogen-bond donors (Lipinski definition) is 0. The lowest BCUT2D eigenvalue weighted by Gasteiger charge is -2.05. The van der Waals surface area contributed by atoms with E-state index >= 15 is 0 Å². The van der Waals surface area contributed by atoms with E-state index in [4.69, 9.17) is 0 Å². The van der Waals surface area contributed by atoms with Gasteiger partial charge in [-0.3, -0.25) is 0 Å². The Morgan fingerprint density at radius 2 is 1.00 bits per heavy atom. The molecule has 0 saturated heterocycles. The second-order valence-electron chi connectivity index (χ2n) is 4.63. The van der Waals surface area contributed by atoms with Crippen molar-refractivity contribution < 1.29 is 16.8 Å². The van der Waals surface area contributed by atoms with Crippen molar-refractivity contribution in [1.29, 1.82) is 0 Å². The fourth-order valence-electron chi connectivity index (χ4n) is 1.89. The van der Waals surface area contributed by atoms with Crippen LogP contribution in [0.4, 0.5) is 0 Å². The molecular formula is C15H10N3O4S2. The summed E-state index contributed by atoms with van der Waals surface area (Å²) in [4.78, 5) is 10.5. The van der Waals surface area contributed by atoms with Gasteiger partial charge in [0, 0.05) is 0 Å². The predicted molar refractivity (Wildman–Crippen MR) is 82.5 cm³/mol. The van der Waals surface area contributed by atoms with Crippen LogP contribution < -0.4 is 0 Å². The lowest BCUT2D eigenvalue weighted by molar-refractivity contribution is 0.569. The summed E-state index contributed by atoms with van der Waals surface area (Å²) in [6.45, 7) is 0. The third-order valence-corrected chi connectivity index (χ3v) is 6.18. The average molecular weight is 360 g/mol. The molecule has 1 aromatic heterocycles. The van der Waals surface area contributed by atoms with Gasteiger partial charge >= 0.3 is 0 Å². The number of hydrogen-bond acceptors (Lipinski definition) is 7. The Balaban J connectivity index is 2.11. The van der Waals surface area contributed by atoms with Crippen molar-refractivity contribution in [3.05, 3.63) is 67.0 Å². The molecule has 0 unspecified atom stereocenters. The van der Waals surface area contributed by atoms with Gasteiger partial charge in [-0.25, -0.2) is 16.8 Å². The highest BCUT2D eigenvalue weighted by atomic mass is 32.2. The molecule has 0 fully saturated rings. The molecule has 3 aromatic rings. The van der Waals surface area contributed by atoms with E-state index in [-0.39, 0.29) is 9.79 Å². The minimum Gasteiger partial charge on any atom is -0.215 e. The summed E-state index contributed by atoms with van der Waals surface area (Å²) < 4.78 is 49.9. The van der Waals surface area contributed by atoms with E-state index in [9.17, 15) is 16.8 Å². The molecule has 0 saturated carbocycles. The van der Waals surface area contributed by atoms with Crippen LogP contribution in [0.2, 0.25) is 0 Å². The summed E-state index contributed by atoms with van der Waals surface area (Å²) in [5.74, 6) is 0. The maximum atomic E-state index is 12.5. The zero-order chi connectivity index (χ0) is 17.2. The molecule has 0 aliphatic carbocycles. The van der Waals surface area contributed by atoms with E-state index in [1.54, 1.807) is 36.4 Å². The highest BCUT2D eigenvalue weighted by Gasteiger charge is 2.26. The standard InChI is InChI=1S/C15H10N3O4S2/c19-23(20,12-7-3-1-4-8-12)14-16-11-17-15(18-14)24(21,22)13-9-5-2-6-10-13/h1-10H. The quantitative estimate of drug-likeness (QED) is 0.691. The summed E-state index contributed by atoms with van der Waals surface area (Å²) in [6.07, 6.45) is 2.06. The van der Waals surface area contributed by atoms with Crippen molar-refractivity contribution in [2.75, 3.05) is 0 Å². The molecule has 0 spiro atoms. The first-order valence-electron chi connectivity index (χ1n) is 6.65. The zero-order valence-electron chi connectivity index (χ0n) is 12.1. The largest absolute Gasteiger partial charge is 0.256 e. The maximum absolute atomic E-state index is 12.5. The lowest BCUT2D eigenvalue weighted by atomic mass is 10.4. The van der Waals surface area contributed by atoms with Gasteiger partial charge in [0.25, 0.3) is 10.3 Å². The fourth-order valence-corrected chi connectivity index (χ4v) is 4.14. The topological polar surface area (TPSA) is 107 Å². The Morgan fingerprint density at radius 3 is 1.38 bits per heavy atom. The van der Waals surface area contributed by atoms with Gasteiger partial charge < -0.3 is 0 Å². The molecule has 3 rings (SSSR count). The van der Waals surface area contributed by atoms with Gasteiger partial charge in [-0.05, 0) is 24.3 Å². The third kappa shape index (κ3) is 2.91. The van der Waals surface area contributed by atoms with Crippen molar-refractivity contribution in [3.63, 3.8) is 0 Å². The monoisotopic (exact) mass is 360 g/mol. The molecule has 7 nitrogen and oxygen atoms in total. The van der Waals surface area contributed by atoms with Gasteiger partial charge in [-0.2, -0.15) is 15.0 Å². The van der Waals surface area contributed by atoms with E-state index in [1.807, 2.05) is 0 Å².